The summed E-state index contributed by atoms with van der Waals surface area (Å²) in [4.78, 5) is 18.8. The number of nitrogens with zero attached hydrogens (tertiary/aromatic N) is 8. The van der Waals surface area contributed by atoms with E-state index in [1.54, 1.807) is 0 Å². The number of rotatable bonds is 7. The predicted molar refractivity (Wildman–Crippen MR) is 218 cm³/mol. The summed E-state index contributed by atoms with van der Waals surface area (Å²) in [6.45, 7) is 0.693. The van der Waals surface area contributed by atoms with Gasteiger partial charge in [0, 0.05) is 53.6 Å². The Morgan fingerprint density at radius 3 is 1.85 bits per heavy atom. The number of imidazole rings is 2. The van der Waals surface area contributed by atoms with Crippen molar-refractivity contribution < 1.29 is 0 Å². The van der Waals surface area contributed by atoms with Gasteiger partial charge in [-0.05, 0) is 71.8 Å². The zero-order valence-corrected chi connectivity index (χ0v) is 30.0. The van der Waals surface area contributed by atoms with E-state index in [1.165, 1.54) is 22.1 Å². The van der Waals surface area contributed by atoms with E-state index in [0.717, 1.165) is 61.9 Å². The molecule has 5 aromatic carbocycles. The molecular weight excluding hydrogens is 665 g/mol. The number of aromatic nitrogens is 6. The van der Waals surface area contributed by atoms with Gasteiger partial charge in [0.25, 0.3) is 0 Å². The lowest BCUT2D eigenvalue weighted by molar-refractivity contribution is 0.874. The second-order valence-corrected chi connectivity index (χ2v) is 13.7. The molecule has 1 aliphatic heterocycles. The highest BCUT2D eigenvalue weighted by molar-refractivity contribution is 6.11. The van der Waals surface area contributed by atoms with Gasteiger partial charge < -0.3 is 18.9 Å². The van der Waals surface area contributed by atoms with Gasteiger partial charge in [-0.25, -0.2) is 15.0 Å². The van der Waals surface area contributed by atoms with Crippen LogP contribution in [0.5, 0.6) is 0 Å². The van der Waals surface area contributed by atoms with Gasteiger partial charge in [-0.2, -0.15) is 0 Å². The molecular formula is C46H36N8. The predicted octanol–water partition coefficient (Wildman–Crippen LogP) is 9.90. The molecule has 0 radical (unpaired) electrons. The van der Waals surface area contributed by atoms with Crippen LogP contribution in [-0.2, 0) is 14.1 Å². The first kappa shape index (κ1) is 31.5. The summed E-state index contributed by atoms with van der Waals surface area (Å²) < 4.78 is 6.45. The first-order valence-electron chi connectivity index (χ1n) is 18.1. The molecule has 8 heteroatoms. The lowest BCUT2D eigenvalue weighted by Crippen LogP contribution is -2.23. The fraction of sp³-hybridized carbons (Fsp3) is 0.0652. The minimum Gasteiger partial charge on any atom is -0.334 e. The number of benzene rings is 5. The Morgan fingerprint density at radius 1 is 0.519 bits per heavy atom. The van der Waals surface area contributed by atoms with Crippen molar-refractivity contribution in [2.75, 3.05) is 16.5 Å². The molecule has 0 fully saturated rings. The molecule has 9 aromatic rings. The van der Waals surface area contributed by atoms with Gasteiger partial charge in [0.05, 0.1) is 58.8 Å². The second kappa shape index (κ2) is 12.8. The molecule has 1 aliphatic rings. The largest absolute Gasteiger partial charge is 0.334 e. The lowest BCUT2D eigenvalue weighted by Gasteiger charge is -2.23. The van der Waals surface area contributed by atoms with Gasteiger partial charge in [0.15, 0.2) is 0 Å². The van der Waals surface area contributed by atoms with E-state index in [2.05, 4.69) is 161 Å². The van der Waals surface area contributed by atoms with Gasteiger partial charge in [0.1, 0.15) is 12.5 Å². The summed E-state index contributed by atoms with van der Waals surface area (Å²) in [7, 11) is 4.10. The topological polar surface area (TPSA) is 59.9 Å². The van der Waals surface area contributed by atoms with Gasteiger partial charge >= 0.3 is 0 Å². The second-order valence-electron chi connectivity index (χ2n) is 13.7. The quantitative estimate of drug-likeness (QED) is 0.166. The molecule has 0 bridgehead atoms. The van der Waals surface area contributed by atoms with E-state index in [0.29, 0.717) is 6.67 Å². The molecule has 260 valence electrons. The minimum atomic E-state index is 0.693. The van der Waals surface area contributed by atoms with E-state index in [4.69, 9.17) is 4.98 Å². The van der Waals surface area contributed by atoms with Crippen LogP contribution < -0.4 is 9.80 Å². The number of anilines is 4. The van der Waals surface area contributed by atoms with Crippen molar-refractivity contribution in [3.05, 3.63) is 193 Å². The van der Waals surface area contributed by atoms with Crippen LogP contribution in [0.2, 0.25) is 0 Å². The van der Waals surface area contributed by atoms with Gasteiger partial charge in [-0.15, -0.1) is 0 Å². The smallest absolute Gasteiger partial charge is 0.137 e. The lowest BCUT2D eigenvalue weighted by atomic mass is 9.89. The standard InChI is InChI=1S/C46H36N8/c1-50-29-47-27-42(50)46(43-28-48-30-51(43)2)45(33-22-23-37-36-17-6-7-18-38(36)54(41(37)26-33)44-21-10-11-24-49-44)32-13-12-16-35(25-32)53-31-52(34-14-4-3-5-15-34)39-19-8-9-20-40(39)53/h3-30H,31H2,1-2H3. The summed E-state index contributed by atoms with van der Waals surface area (Å²) >= 11 is 0. The third-order valence-corrected chi connectivity index (χ3v) is 10.5. The van der Waals surface area contributed by atoms with E-state index >= 15 is 0 Å². The fourth-order valence-corrected chi connectivity index (χ4v) is 7.99. The van der Waals surface area contributed by atoms with Crippen LogP contribution in [0.1, 0.15) is 22.5 Å². The van der Waals surface area contributed by atoms with Crippen molar-refractivity contribution in [2.45, 2.75) is 0 Å². The fourth-order valence-electron chi connectivity index (χ4n) is 7.99. The van der Waals surface area contributed by atoms with Gasteiger partial charge in [-0.3, -0.25) is 4.57 Å². The normalized spacial score (nSPS) is 12.5. The van der Waals surface area contributed by atoms with Crippen molar-refractivity contribution in [2.24, 2.45) is 14.1 Å². The third-order valence-electron chi connectivity index (χ3n) is 10.5. The average Bonchev–Trinajstić information content (AvgIpc) is 4.02. The number of fused-ring (bicyclic) bond motifs is 4. The Hall–Kier alpha value is -7.19. The highest BCUT2D eigenvalue weighted by atomic mass is 15.4. The molecule has 8 nitrogen and oxygen atoms in total. The maximum Gasteiger partial charge on any atom is 0.137 e. The van der Waals surface area contributed by atoms with Crippen molar-refractivity contribution >= 4 is 55.7 Å². The highest BCUT2D eigenvalue weighted by Gasteiger charge is 2.29. The molecule has 0 amide bonds. The summed E-state index contributed by atoms with van der Waals surface area (Å²) in [6.07, 6.45) is 9.48. The van der Waals surface area contributed by atoms with Crippen LogP contribution >= 0.6 is 0 Å². The maximum atomic E-state index is 4.81. The van der Waals surface area contributed by atoms with Gasteiger partial charge in [0.2, 0.25) is 0 Å². The number of hydrogen-bond acceptors (Lipinski definition) is 5. The Labute approximate surface area is 313 Å². The Bertz CT molecular complexity index is 2800. The molecule has 0 atom stereocenters. The molecule has 54 heavy (non-hydrogen) atoms. The Balaban J connectivity index is 1.23. The molecule has 0 aliphatic carbocycles. The van der Waals surface area contributed by atoms with E-state index < -0.39 is 0 Å². The summed E-state index contributed by atoms with van der Waals surface area (Å²) in [5.74, 6) is 0.877. The summed E-state index contributed by atoms with van der Waals surface area (Å²) in [5, 5.41) is 2.36. The highest BCUT2D eigenvalue weighted by Crippen LogP contribution is 2.46. The van der Waals surface area contributed by atoms with E-state index in [9.17, 15) is 0 Å². The van der Waals surface area contributed by atoms with Crippen LogP contribution in [0.4, 0.5) is 22.7 Å². The third kappa shape index (κ3) is 5.10. The first-order valence-corrected chi connectivity index (χ1v) is 18.1. The molecule has 0 saturated carbocycles. The molecule has 10 rings (SSSR count). The van der Waals surface area contributed by atoms with Gasteiger partial charge in [-0.1, -0.05) is 78.9 Å². The Kier molecular flexibility index (Phi) is 7.47. The van der Waals surface area contributed by atoms with Crippen molar-refractivity contribution in [3.8, 4) is 5.82 Å². The summed E-state index contributed by atoms with van der Waals surface area (Å²) in [5.41, 5.74) is 13.1. The average molecular weight is 701 g/mol. The first-order chi connectivity index (χ1) is 26.6. The number of pyridine rings is 1. The van der Waals surface area contributed by atoms with E-state index in [-0.39, 0.29) is 0 Å². The number of aryl methyl sites for hydroxylation is 2. The minimum absolute atomic E-state index is 0.693. The molecule has 0 saturated heterocycles. The van der Waals surface area contributed by atoms with Crippen molar-refractivity contribution in [3.63, 3.8) is 0 Å². The summed E-state index contributed by atoms with van der Waals surface area (Å²) in [6, 6.07) is 49.7. The number of hydrogen-bond donors (Lipinski definition) is 0. The SMILES string of the molecule is Cn1cncc1C(=C(c1cccc(N2CN(c3ccccc3)c3ccccc32)c1)c1ccc2c3ccccc3n(-c3ccccn3)c2c1)c1cncn1C. The van der Waals surface area contributed by atoms with E-state index in [1.807, 2.05) is 57.5 Å². The maximum absolute atomic E-state index is 4.81. The molecule has 0 N–H and O–H groups in total. The zero-order chi connectivity index (χ0) is 36.2. The van der Waals surface area contributed by atoms with Crippen molar-refractivity contribution in [1.29, 1.82) is 0 Å². The van der Waals surface area contributed by atoms with Crippen LogP contribution in [0.25, 0.3) is 38.8 Å². The molecule has 0 unspecified atom stereocenters. The van der Waals surface area contributed by atoms with Crippen LogP contribution in [-0.4, -0.2) is 35.3 Å². The molecule has 5 heterocycles. The number of para-hydroxylation sites is 4. The molecule has 4 aromatic heterocycles. The zero-order valence-electron chi connectivity index (χ0n) is 30.0. The van der Waals surface area contributed by atoms with Crippen LogP contribution in [0.15, 0.2) is 171 Å². The van der Waals surface area contributed by atoms with Crippen LogP contribution in [0.3, 0.4) is 0 Å². The monoisotopic (exact) mass is 700 g/mol. The van der Waals surface area contributed by atoms with Crippen molar-refractivity contribution in [1.82, 2.24) is 28.7 Å². The van der Waals surface area contributed by atoms with Crippen LogP contribution in [0, 0.1) is 0 Å². The Morgan fingerprint density at radius 2 is 1.15 bits per heavy atom. The molecule has 0 spiro atoms.